The number of aryl methyl sites for hydroxylation is 1. The van der Waals surface area contributed by atoms with Gasteiger partial charge in [-0.1, -0.05) is 44.7 Å². The standard InChI is InChI=1S/C24H23F5O/c1-2-3-4-5-6-7-16-8-10-18(11-9-16)24(28,29)30-19-12-13-20-17(14-19)15-21(25)23(27)22(20)26/h8-15H,2-7H2,1H3. The van der Waals surface area contributed by atoms with Crippen molar-refractivity contribution < 1.29 is 26.7 Å². The SMILES string of the molecule is CCCCCCCc1ccc(C(F)(F)Oc2ccc3c(F)c(F)c(F)cc3c2)cc1. The molecule has 0 radical (unpaired) electrons. The van der Waals surface area contributed by atoms with Gasteiger partial charge in [-0.05, 0) is 60.2 Å². The van der Waals surface area contributed by atoms with Gasteiger partial charge in [0.15, 0.2) is 17.5 Å². The molecule has 30 heavy (non-hydrogen) atoms. The van der Waals surface area contributed by atoms with E-state index in [0.717, 1.165) is 49.1 Å². The van der Waals surface area contributed by atoms with Gasteiger partial charge in [0.05, 0.1) is 5.56 Å². The third kappa shape index (κ3) is 5.10. The Morgan fingerprint density at radius 1 is 0.800 bits per heavy atom. The van der Waals surface area contributed by atoms with Crippen LogP contribution in [0.4, 0.5) is 22.0 Å². The highest BCUT2D eigenvalue weighted by Crippen LogP contribution is 2.34. The van der Waals surface area contributed by atoms with Crippen LogP contribution >= 0.6 is 0 Å². The molecule has 0 heterocycles. The molecule has 3 rings (SSSR count). The largest absolute Gasteiger partial charge is 0.429 e. The van der Waals surface area contributed by atoms with Crippen LogP contribution in [0.3, 0.4) is 0 Å². The van der Waals surface area contributed by atoms with Crippen LogP contribution < -0.4 is 4.74 Å². The number of rotatable bonds is 9. The van der Waals surface area contributed by atoms with E-state index in [2.05, 4.69) is 6.92 Å². The molecule has 0 amide bonds. The smallest absolute Gasteiger partial charge is 0.426 e. The van der Waals surface area contributed by atoms with Crippen molar-refractivity contribution in [3.05, 3.63) is 77.1 Å². The number of hydrogen-bond acceptors (Lipinski definition) is 1. The Morgan fingerprint density at radius 3 is 2.20 bits per heavy atom. The molecule has 6 heteroatoms. The molecule has 0 saturated heterocycles. The second kappa shape index (κ2) is 9.45. The fourth-order valence-corrected chi connectivity index (χ4v) is 3.35. The molecular formula is C24H23F5O. The summed E-state index contributed by atoms with van der Waals surface area (Å²) in [5, 5.41) is -0.286. The third-order valence-electron chi connectivity index (χ3n) is 5.05. The van der Waals surface area contributed by atoms with Crippen LogP contribution in [0.15, 0.2) is 48.5 Å². The van der Waals surface area contributed by atoms with Crippen molar-refractivity contribution >= 4 is 10.8 Å². The zero-order chi connectivity index (χ0) is 21.7. The van der Waals surface area contributed by atoms with Crippen molar-refractivity contribution in [3.8, 4) is 5.75 Å². The highest BCUT2D eigenvalue weighted by Gasteiger charge is 2.34. The summed E-state index contributed by atoms with van der Waals surface area (Å²) in [6, 6.07) is 9.92. The lowest BCUT2D eigenvalue weighted by Crippen LogP contribution is -2.21. The van der Waals surface area contributed by atoms with Gasteiger partial charge in [0, 0.05) is 5.39 Å². The Balaban J connectivity index is 1.70. The summed E-state index contributed by atoms with van der Waals surface area (Å²) < 4.78 is 74.4. The minimum absolute atomic E-state index is 0.0712. The van der Waals surface area contributed by atoms with Gasteiger partial charge in [0.2, 0.25) is 0 Å². The Labute approximate surface area is 172 Å². The topological polar surface area (TPSA) is 9.23 Å². The first kappa shape index (κ1) is 22.1. The van der Waals surface area contributed by atoms with Gasteiger partial charge in [0.1, 0.15) is 5.75 Å². The molecule has 160 valence electrons. The highest BCUT2D eigenvalue weighted by atomic mass is 19.3. The molecule has 0 spiro atoms. The van der Waals surface area contributed by atoms with Crippen LogP contribution in [0.25, 0.3) is 10.8 Å². The number of benzene rings is 3. The van der Waals surface area contributed by atoms with Crippen molar-refractivity contribution in [1.82, 2.24) is 0 Å². The quantitative estimate of drug-likeness (QED) is 0.193. The normalized spacial score (nSPS) is 11.8. The molecule has 0 N–H and O–H groups in total. The second-order valence-electron chi connectivity index (χ2n) is 7.35. The van der Waals surface area contributed by atoms with Crippen LogP contribution in [-0.2, 0) is 12.5 Å². The van der Waals surface area contributed by atoms with Crippen LogP contribution in [0.1, 0.15) is 50.2 Å². The van der Waals surface area contributed by atoms with E-state index in [-0.39, 0.29) is 22.1 Å². The zero-order valence-corrected chi connectivity index (χ0v) is 16.7. The Morgan fingerprint density at radius 2 is 1.50 bits per heavy atom. The van der Waals surface area contributed by atoms with E-state index < -0.39 is 23.6 Å². The Kier molecular flexibility index (Phi) is 6.95. The minimum Gasteiger partial charge on any atom is -0.429 e. The minimum atomic E-state index is -3.63. The van der Waals surface area contributed by atoms with Gasteiger partial charge in [-0.25, -0.2) is 13.2 Å². The van der Waals surface area contributed by atoms with Crippen molar-refractivity contribution in [1.29, 1.82) is 0 Å². The van der Waals surface area contributed by atoms with E-state index in [1.54, 1.807) is 12.1 Å². The summed E-state index contributed by atoms with van der Waals surface area (Å²) in [7, 11) is 0. The molecule has 0 atom stereocenters. The van der Waals surface area contributed by atoms with Gasteiger partial charge in [-0.15, -0.1) is 0 Å². The molecular weight excluding hydrogens is 399 g/mol. The van der Waals surface area contributed by atoms with Crippen LogP contribution in [-0.4, -0.2) is 0 Å². The van der Waals surface area contributed by atoms with Gasteiger partial charge in [-0.2, -0.15) is 8.78 Å². The molecule has 0 saturated carbocycles. The Bertz CT molecular complexity index is 999. The van der Waals surface area contributed by atoms with E-state index in [9.17, 15) is 22.0 Å². The lowest BCUT2D eigenvalue weighted by atomic mass is 10.0. The summed E-state index contributed by atoms with van der Waals surface area (Å²) in [4.78, 5) is 0. The number of ether oxygens (including phenoxy) is 1. The van der Waals surface area contributed by atoms with E-state index in [0.29, 0.717) is 0 Å². The van der Waals surface area contributed by atoms with E-state index in [4.69, 9.17) is 4.74 Å². The molecule has 0 aromatic heterocycles. The summed E-state index contributed by atoms with van der Waals surface area (Å²) in [5.74, 6) is -4.65. The van der Waals surface area contributed by atoms with Crippen LogP contribution in [0.5, 0.6) is 5.75 Å². The fraction of sp³-hybridized carbons (Fsp3) is 0.333. The molecule has 0 bridgehead atoms. The average Bonchev–Trinajstić information content (AvgIpc) is 2.72. The first-order chi connectivity index (χ1) is 14.3. The lowest BCUT2D eigenvalue weighted by Gasteiger charge is -2.19. The van der Waals surface area contributed by atoms with Crippen molar-refractivity contribution in [2.75, 3.05) is 0 Å². The van der Waals surface area contributed by atoms with Crippen molar-refractivity contribution in [2.45, 2.75) is 51.6 Å². The molecule has 0 aliphatic carbocycles. The molecule has 0 unspecified atom stereocenters. The highest BCUT2D eigenvalue weighted by molar-refractivity contribution is 5.84. The monoisotopic (exact) mass is 422 g/mol. The first-order valence-corrected chi connectivity index (χ1v) is 10.1. The number of halogens is 5. The van der Waals surface area contributed by atoms with Crippen LogP contribution in [0, 0.1) is 17.5 Å². The molecule has 0 aliphatic heterocycles. The molecule has 0 aliphatic rings. The predicted octanol–water partition coefficient (Wildman–Crippen LogP) is 7.90. The number of alkyl halides is 2. The third-order valence-corrected chi connectivity index (χ3v) is 5.05. The van der Waals surface area contributed by atoms with Gasteiger partial charge < -0.3 is 4.74 Å². The number of hydrogen-bond donors (Lipinski definition) is 0. The Hall–Kier alpha value is -2.63. The second-order valence-corrected chi connectivity index (χ2v) is 7.35. The summed E-state index contributed by atoms with van der Waals surface area (Å²) in [6.07, 6.45) is 2.86. The van der Waals surface area contributed by atoms with Crippen LogP contribution in [0.2, 0.25) is 0 Å². The van der Waals surface area contributed by atoms with Gasteiger partial charge >= 0.3 is 6.11 Å². The van der Waals surface area contributed by atoms with Gasteiger partial charge in [0.25, 0.3) is 0 Å². The average molecular weight is 422 g/mol. The van der Waals surface area contributed by atoms with E-state index in [1.807, 2.05) is 0 Å². The predicted molar refractivity (Wildman–Crippen MR) is 107 cm³/mol. The molecule has 1 nitrogen and oxygen atoms in total. The van der Waals surface area contributed by atoms with E-state index >= 15 is 0 Å². The summed E-state index contributed by atoms with van der Waals surface area (Å²) >= 11 is 0. The van der Waals surface area contributed by atoms with Gasteiger partial charge in [-0.3, -0.25) is 0 Å². The van der Waals surface area contributed by atoms with Crippen molar-refractivity contribution in [2.24, 2.45) is 0 Å². The summed E-state index contributed by atoms with van der Waals surface area (Å²) in [5.41, 5.74) is 0.651. The zero-order valence-electron chi connectivity index (χ0n) is 16.7. The van der Waals surface area contributed by atoms with E-state index in [1.165, 1.54) is 31.4 Å². The lowest BCUT2D eigenvalue weighted by molar-refractivity contribution is -0.185. The molecule has 3 aromatic rings. The first-order valence-electron chi connectivity index (χ1n) is 10.1. The molecule has 3 aromatic carbocycles. The maximum atomic E-state index is 14.6. The maximum absolute atomic E-state index is 14.6. The molecule has 0 fully saturated rings. The number of unbranched alkanes of at least 4 members (excludes halogenated alkanes) is 4. The maximum Gasteiger partial charge on any atom is 0.426 e. The summed E-state index contributed by atoms with van der Waals surface area (Å²) in [6.45, 7) is 2.15. The van der Waals surface area contributed by atoms with Crippen molar-refractivity contribution in [3.63, 3.8) is 0 Å². The number of fused-ring (bicyclic) bond motifs is 1. The fourth-order valence-electron chi connectivity index (χ4n) is 3.35.